The molecule has 3 aromatic rings. The van der Waals surface area contributed by atoms with Crippen molar-refractivity contribution in [3.8, 4) is 5.69 Å². The van der Waals surface area contributed by atoms with Crippen molar-refractivity contribution in [1.82, 2.24) is 9.55 Å². The number of nitrogens with one attached hydrogen (secondary N) is 1. The zero-order chi connectivity index (χ0) is 16.1. The van der Waals surface area contributed by atoms with Crippen molar-refractivity contribution < 1.29 is 4.79 Å². The van der Waals surface area contributed by atoms with E-state index in [1.165, 1.54) is 11.1 Å². The Kier molecular flexibility index (Phi) is 4.52. The second-order valence-corrected chi connectivity index (χ2v) is 5.55. The molecule has 23 heavy (non-hydrogen) atoms. The lowest BCUT2D eigenvalue weighted by Crippen LogP contribution is -2.12. The first-order valence-electron chi connectivity index (χ1n) is 7.64. The van der Waals surface area contributed by atoms with Crippen LogP contribution in [-0.4, -0.2) is 15.5 Å². The van der Waals surface area contributed by atoms with Gasteiger partial charge >= 0.3 is 0 Å². The van der Waals surface area contributed by atoms with Crippen LogP contribution in [-0.2, 0) is 11.2 Å². The highest BCUT2D eigenvalue weighted by Gasteiger charge is 2.04. The first kappa shape index (κ1) is 15.0. The molecule has 116 valence electrons. The predicted octanol–water partition coefficient (Wildman–Crippen LogP) is 3.75. The lowest BCUT2D eigenvalue weighted by Gasteiger charge is -2.07. The zero-order valence-corrected chi connectivity index (χ0v) is 13.1. The molecule has 0 aliphatic carbocycles. The maximum atomic E-state index is 12.1. The molecule has 0 fully saturated rings. The van der Waals surface area contributed by atoms with Gasteiger partial charge in [0, 0.05) is 30.2 Å². The van der Waals surface area contributed by atoms with E-state index in [2.05, 4.69) is 35.4 Å². The minimum absolute atomic E-state index is 0.0295. The van der Waals surface area contributed by atoms with Crippen LogP contribution >= 0.6 is 0 Å². The average Bonchev–Trinajstić information content (AvgIpc) is 3.08. The van der Waals surface area contributed by atoms with E-state index >= 15 is 0 Å². The van der Waals surface area contributed by atoms with Crippen LogP contribution in [0.2, 0.25) is 0 Å². The van der Waals surface area contributed by atoms with Gasteiger partial charge in [-0.3, -0.25) is 4.79 Å². The Labute approximate surface area is 135 Å². The van der Waals surface area contributed by atoms with Crippen molar-refractivity contribution in [2.45, 2.75) is 19.8 Å². The Balaban J connectivity index is 1.55. The number of anilines is 1. The van der Waals surface area contributed by atoms with Crippen LogP contribution in [0.1, 0.15) is 17.5 Å². The molecule has 2 aromatic carbocycles. The van der Waals surface area contributed by atoms with E-state index in [4.69, 9.17) is 0 Å². The van der Waals surface area contributed by atoms with E-state index in [9.17, 15) is 4.79 Å². The standard InChI is InChI=1S/C19H19N3O/c1-15-3-2-4-16(13-15)5-10-19(23)21-17-6-8-18(9-7-17)22-12-11-20-14-22/h2-4,6-9,11-14H,5,10H2,1H3,(H,21,23). The van der Waals surface area contributed by atoms with Crippen molar-refractivity contribution in [3.05, 3.63) is 78.4 Å². The lowest BCUT2D eigenvalue weighted by atomic mass is 10.1. The van der Waals surface area contributed by atoms with Gasteiger partial charge in [0.25, 0.3) is 0 Å². The monoisotopic (exact) mass is 305 g/mol. The minimum Gasteiger partial charge on any atom is -0.326 e. The maximum absolute atomic E-state index is 12.1. The molecule has 3 rings (SSSR count). The Hall–Kier alpha value is -2.88. The summed E-state index contributed by atoms with van der Waals surface area (Å²) in [4.78, 5) is 16.1. The molecule has 0 bridgehead atoms. The fourth-order valence-corrected chi connectivity index (χ4v) is 2.48. The molecule has 0 atom stereocenters. The molecule has 1 aromatic heterocycles. The highest BCUT2D eigenvalue weighted by Crippen LogP contribution is 2.14. The number of rotatable bonds is 5. The van der Waals surface area contributed by atoms with Gasteiger partial charge in [-0.1, -0.05) is 29.8 Å². The van der Waals surface area contributed by atoms with Crippen LogP contribution in [0.3, 0.4) is 0 Å². The molecule has 0 aliphatic heterocycles. The Morgan fingerprint density at radius 1 is 1.17 bits per heavy atom. The molecular formula is C19H19N3O. The van der Waals surface area contributed by atoms with Gasteiger partial charge in [0.05, 0.1) is 6.33 Å². The van der Waals surface area contributed by atoms with Gasteiger partial charge in [-0.25, -0.2) is 4.98 Å². The van der Waals surface area contributed by atoms with Crippen LogP contribution in [0.25, 0.3) is 5.69 Å². The number of benzene rings is 2. The molecular weight excluding hydrogens is 286 g/mol. The van der Waals surface area contributed by atoms with Gasteiger partial charge in [-0.05, 0) is 43.2 Å². The Morgan fingerprint density at radius 2 is 2.00 bits per heavy atom. The zero-order valence-electron chi connectivity index (χ0n) is 13.1. The summed E-state index contributed by atoms with van der Waals surface area (Å²) < 4.78 is 1.92. The SMILES string of the molecule is Cc1cccc(CCC(=O)Nc2ccc(-n3ccnc3)cc2)c1. The third-order valence-corrected chi connectivity index (χ3v) is 3.68. The van der Waals surface area contributed by atoms with Gasteiger partial charge in [-0.2, -0.15) is 0 Å². The molecule has 0 aliphatic rings. The number of carbonyl (C=O) groups is 1. The topological polar surface area (TPSA) is 46.9 Å². The van der Waals surface area contributed by atoms with E-state index < -0.39 is 0 Å². The maximum Gasteiger partial charge on any atom is 0.224 e. The van der Waals surface area contributed by atoms with Crippen LogP contribution in [0.15, 0.2) is 67.3 Å². The number of carbonyl (C=O) groups excluding carboxylic acids is 1. The molecule has 0 unspecified atom stereocenters. The fourth-order valence-electron chi connectivity index (χ4n) is 2.48. The molecule has 4 nitrogen and oxygen atoms in total. The van der Waals surface area contributed by atoms with Crippen molar-refractivity contribution in [1.29, 1.82) is 0 Å². The van der Waals surface area contributed by atoms with E-state index in [0.717, 1.165) is 17.8 Å². The summed E-state index contributed by atoms with van der Waals surface area (Å²) in [7, 11) is 0. The first-order valence-corrected chi connectivity index (χ1v) is 7.64. The average molecular weight is 305 g/mol. The second-order valence-electron chi connectivity index (χ2n) is 5.55. The minimum atomic E-state index is 0.0295. The number of imidazole rings is 1. The molecule has 0 saturated heterocycles. The third kappa shape index (κ3) is 4.07. The largest absolute Gasteiger partial charge is 0.326 e. The molecule has 4 heteroatoms. The van der Waals surface area contributed by atoms with E-state index in [1.807, 2.05) is 41.1 Å². The Morgan fingerprint density at radius 3 is 2.70 bits per heavy atom. The van der Waals surface area contributed by atoms with Gasteiger partial charge in [-0.15, -0.1) is 0 Å². The van der Waals surface area contributed by atoms with Crippen molar-refractivity contribution in [2.24, 2.45) is 0 Å². The summed E-state index contributed by atoms with van der Waals surface area (Å²) in [6.45, 7) is 2.06. The number of hydrogen-bond donors (Lipinski definition) is 1. The predicted molar refractivity (Wildman–Crippen MR) is 91.7 cm³/mol. The lowest BCUT2D eigenvalue weighted by molar-refractivity contribution is -0.116. The third-order valence-electron chi connectivity index (χ3n) is 3.68. The van der Waals surface area contributed by atoms with Gasteiger partial charge in [0.1, 0.15) is 0 Å². The second kappa shape index (κ2) is 6.92. The van der Waals surface area contributed by atoms with Crippen LogP contribution in [0, 0.1) is 6.92 Å². The van der Waals surface area contributed by atoms with Crippen LogP contribution < -0.4 is 5.32 Å². The number of nitrogens with zero attached hydrogens (tertiary/aromatic N) is 2. The highest BCUT2D eigenvalue weighted by molar-refractivity contribution is 5.90. The van der Waals surface area contributed by atoms with Gasteiger partial charge in [0.15, 0.2) is 0 Å². The quantitative estimate of drug-likeness (QED) is 0.780. The number of aryl methyl sites for hydroxylation is 2. The molecule has 1 heterocycles. The van der Waals surface area contributed by atoms with Crippen LogP contribution in [0.4, 0.5) is 5.69 Å². The van der Waals surface area contributed by atoms with Gasteiger partial charge in [0.2, 0.25) is 5.91 Å². The summed E-state index contributed by atoms with van der Waals surface area (Å²) in [6, 6.07) is 16.0. The van der Waals surface area contributed by atoms with Crippen molar-refractivity contribution in [3.63, 3.8) is 0 Å². The molecule has 0 saturated carbocycles. The van der Waals surface area contributed by atoms with E-state index in [-0.39, 0.29) is 5.91 Å². The molecule has 0 radical (unpaired) electrons. The summed E-state index contributed by atoms with van der Waals surface area (Å²) in [6.07, 6.45) is 6.60. The van der Waals surface area contributed by atoms with E-state index in [0.29, 0.717) is 6.42 Å². The smallest absolute Gasteiger partial charge is 0.224 e. The van der Waals surface area contributed by atoms with E-state index in [1.54, 1.807) is 12.5 Å². The molecule has 1 amide bonds. The highest BCUT2D eigenvalue weighted by atomic mass is 16.1. The normalized spacial score (nSPS) is 10.5. The number of aromatic nitrogens is 2. The molecule has 0 spiro atoms. The summed E-state index contributed by atoms with van der Waals surface area (Å²) in [5, 5.41) is 2.94. The molecule has 1 N–H and O–H groups in total. The summed E-state index contributed by atoms with van der Waals surface area (Å²) >= 11 is 0. The Bertz CT molecular complexity index is 777. The number of amides is 1. The van der Waals surface area contributed by atoms with Gasteiger partial charge < -0.3 is 9.88 Å². The first-order chi connectivity index (χ1) is 11.2. The fraction of sp³-hybridized carbons (Fsp3) is 0.158. The van der Waals surface area contributed by atoms with Crippen LogP contribution in [0.5, 0.6) is 0 Å². The number of hydrogen-bond acceptors (Lipinski definition) is 2. The van der Waals surface area contributed by atoms with Crippen molar-refractivity contribution >= 4 is 11.6 Å². The van der Waals surface area contributed by atoms with Crippen molar-refractivity contribution in [2.75, 3.05) is 5.32 Å². The summed E-state index contributed by atoms with van der Waals surface area (Å²) in [5.41, 5.74) is 4.23. The summed E-state index contributed by atoms with van der Waals surface area (Å²) in [5.74, 6) is 0.0295.